The fourth-order valence-corrected chi connectivity index (χ4v) is 0.889. The second kappa shape index (κ2) is 3.13. The number of amides is 1. The largest absolute Gasteiger partial charge is 0.507 e. The summed E-state index contributed by atoms with van der Waals surface area (Å²) in [5, 5.41) is 12.0. The third-order valence-corrected chi connectivity index (χ3v) is 1.55. The van der Waals surface area contributed by atoms with E-state index in [1.54, 1.807) is 13.1 Å². The minimum atomic E-state index is -0.635. The van der Waals surface area contributed by atoms with Crippen LogP contribution in [0.5, 0.6) is 5.75 Å². The standard InChI is InChI=1S/C8H10N2O2/c1-10-5-2-3-7(11)6(4-5)8(9)12/h2-4,10-11H,1H3,(H2,9,12). The van der Waals surface area contributed by atoms with Gasteiger partial charge in [-0.25, -0.2) is 0 Å². The van der Waals surface area contributed by atoms with Gasteiger partial charge in [-0.2, -0.15) is 0 Å². The molecule has 0 fully saturated rings. The second-order valence-electron chi connectivity index (χ2n) is 2.35. The fourth-order valence-electron chi connectivity index (χ4n) is 0.889. The predicted molar refractivity (Wildman–Crippen MR) is 46.2 cm³/mol. The molecule has 0 heterocycles. The first-order chi connectivity index (χ1) is 5.65. The number of hydrogen-bond acceptors (Lipinski definition) is 3. The molecule has 0 aliphatic carbocycles. The lowest BCUT2D eigenvalue weighted by Crippen LogP contribution is -2.11. The van der Waals surface area contributed by atoms with Gasteiger partial charge in [-0.05, 0) is 18.2 Å². The molecule has 1 amide bonds. The van der Waals surface area contributed by atoms with Crippen molar-refractivity contribution >= 4 is 11.6 Å². The summed E-state index contributed by atoms with van der Waals surface area (Å²) in [7, 11) is 1.72. The van der Waals surface area contributed by atoms with Gasteiger partial charge in [0.25, 0.3) is 5.91 Å². The quantitative estimate of drug-likeness (QED) is 0.561. The number of phenols is 1. The maximum absolute atomic E-state index is 10.7. The van der Waals surface area contributed by atoms with E-state index in [0.717, 1.165) is 5.69 Å². The van der Waals surface area contributed by atoms with Crippen molar-refractivity contribution < 1.29 is 9.90 Å². The summed E-state index contributed by atoms with van der Waals surface area (Å²) in [5.74, 6) is -0.730. The van der Waals surface area contributed by atoms with Crippen LogP contribution in [-0.4, -0.2) is 18.1 Å². The lowest BCUT2D eigenvalue weighted by atomic mass is 10.1. The van der Waals surface area contributed by atoms with Crippen LogP contribution < -0.4 is 11.1 Å². The highest BCUT2D eigenvalue weighted by Crippen LogP contribution is 2.20. The van der Waals surface area contributed by atoms with Crippen molar-refractivity contribution in [2.24, 2.45) is 5.73 Å². The van der Waals surface area contributed by atoms with Gasteiger partial charge in [0.1, 0.15) is 5.75 Å². The van der Waals surface area contributed by atoms with Gasteiger partial charge in [0.15, 0.2) is 0 Å². The van der Waals surface area contributed by atoms with Crippen LogP contribution in [0.2, 0.25) is 0 Å². The van der Waals surface area contributed by atoms with E-state index < -0.39 is 5.91 Å². The SMILES string of the molecule is CNc1ccc(O)c(C(N)=O)c1. The lowest BCUT2D eigenvalue weighted by molar-refractivity contribution is 0.0998. The minimum absolute atomic E-state index is 0.0958. The van der Waals surface area contributed by atoms with Gasteiger partial charge >= 0.3 is 0 Å². The molecule has 1 rings (SSSR count). The van der Waals surface area contributed by atoms with Gasteiger partial charge in [-0.1, -0.05) is 0 Å². The Kier molecular flexibility index (Phi) is 2.19. The third kappa shape index (κ3) is 1.47. The topological polar surface area (TPSA) is 75.3 Å². The maximum Gasteiger partial charge on any atom is 0.252 e. The summed E-state index contributed by atoms with van der Waals surface area (Å²) in [6.07, 6.45) is 0. The van der Waals surface area contributed by atoms with Gasteiger partial charge < -0.3 is 16.2 Å². The Morgan fingerprint density at radius 1 is 1.58 bits per heavy atom. The highest BCUT2D eigenvalue weighted by molar-refractivity contribution is 5.96. The summed E-state index contributed by atoms with van der Waals surface area (Å²) in [6.45, 7) is 0. The highest BCUT2D eigenvalue weighted by Gasteiger charge is 2.06. The average Bonchev–Trinajstić information content (AvgIpc) is 2.05. The van der Waals surface area contributed by atoms with Crippen molar-refractivity contribution in [1.29, 1.82) is 0 Å². The Morgan fingerprint density at radius 3 is 2.75 bits per heavy atom. The van der Waals surface area contributed by atoms with Gasteiger partial charge in [0.05, 0.1) is 5.56 Å². The van der Waals surface area contributed by atoms with E-state index >= 15 is 0 Å². The number of nitrogens with one attached hydrogen (secondary N) is 1. The molecule has 64 valence electrons. The normalized spacial score (nSPS) is 9.42. The zero-order valence-corrected chi connectivity index (χ0v) is 6.66. The van der Waals surface area contributed by atoms with Crippen molar-refractivity contribution in [3.05, 3.63) is 23.8 Å². The summed E-state index contributed by atoms with van der Waals surface area (Å²) >= 11 is 0. The molecule has 4 nitrogen and oxygen atoms in total. The van der Waals surface area contributed by atoms with Crippen molar-refractivity contribution in [1.82, 2.24) is 0 Å². The van der Waals surface area contributed by atoms with E-state index in [9.17, 15) is 9.90 Å². The Bertz CT molecular complexity index is 310. The fraction of sp³-hybridized carbons (Fsp3) is 0.125. The first-order valence-corrected chi connectivity index (χ1v) is 3.45. The third-order valence-electron chi connectivity index (χ3n) is 1.55. The van der Waals surface area contributed by atoms with Crippen LogP contribution >= 0.6 is 0 Å². The zero-order chi connectivity index (χ0) is 9.14. The molecular weight excluding hydrogens is 156 g/mol. The van der Waals surface area contributed by atoms with E-state index in [4.69, 9.17) is 5.73 Å². The van der Waals surface area contributed by atoms with Crippen LogP contribution in [0.3, 0.4) is 0 Å². The Morgan fingerprint density at radius 2 is 2.25 bits per heavy atom. The molecule has 0 aliphatic heterocycles. The molecule has 4 N–H and O–H groups in total. The molecule has 4 heteroatoms. The number of hydrogen-bond donors (Lipinski definition) is 3. The average molecular weight is 166 g/mol. The Labute approximate surface area is 70.0 Å². The molecule has 0 aromatic heterocycles. The molecule has 0 saturated heterocycles. The molecular formula is C8H10N2O2. The number of carbonyl (C=O) groups is 1. The number of nitrogens with two attached hydrogens (primary N) is 1. The van der Waals surface area contributed by atoms with Crippen LogP contribution in [-0.2, 0) is 0 Å². The number of rotatable bonds is 2. The molecule has 1 aromatic carbocycles. The van der Waals surface area contributed by atoms with E-state index in [1.165, 1.54) is 12.1 Å². The molecule has 0 aliphatic rings. The van der Waals surface area contributed by atoms with Crippen molar-refractivity contribution in [3.63, 3.8) is 0 Å². The van der Waals surface area contributed by atoms with Crippen molar-refractivity contribution in [3.8, 4) is 5.75 Å². The summed E-state index contributed by atoms with van der Waals surface area (Å²) in [6, 6.07) is 4.57. The summed E-state index contributed by atoms with van der Waals surface area (Å²) in [4.78, 5) is 10.7. The molecule has 0 spiro atoms. The zero-order valence-electron chi connectivity index (χ0n) is 6.66. The van der Waals surface area contributed by atoms with E-state index in [2.05, 4.69) is 5.32 Å². The summed E-state index contributed by atoms with van der Waals surface area (Å²) < 4.78 is 0. The molecule has 0 bridgehead atoms. The van der Waals surface area contributed by atoms with Crippen LogP contribution in [0.25, 0.3) is 0 Å². The Balaban J connectivity index is 3.17. The van der Waals surface area contributed by atoms with Crippen LogP contribution in [0.15, 0.2) is 18.2 Å². The van der Waals surface area contributed by atoms with E-state index in [0.29, 0.717) is 0 Å². The van der Waals surface area contributed by atoms with Gasteiger partial charge in [-0.15, -0.1) is 0 Å². The number of anilines is 1. The first-order valence-electron chi connectivity index (χ1n) is 3.45. The van der Waals surface area contributed by atoms with Gasteiger partial charge in [0.2, 0.25) is 0 Å². The van der Waals surface area contributed by atoms with Crippen molar-refractivity contribution in [2.75, 3.05) is 12.4 Å². The van der Waals surface area contributed by atoms with E-state index in [-0.39, 0.29) is 11.3 Å². The predicted octanol–water partition coefficient (Wildman–Crippen LogP) is 0.533. The molecule has 0 unspecified atom stereocenters. The molecule has 12 heavy (non-hydrogen) atoms. The van der Waals surface area contributed by atoms with Crippen LogP contribution in [0, 0.1) is 0 Å². The molecule has 1 aromatic rings. The number of carbonyl (C=O) groups excluding carboxylic acids is 1. The van der Waals surface area contributed by atoms with Crippen LogP contribution in [0.1, 0.15) is 10.4 Å². The van der Waals surface area contributed by atoms with E-state index in [1.807, 2.05) is 0 Å². The minimum Gasteiger partial charge on any atom is -0.507 e. The second-order valence-corrected chi connectivity index (χ2v) is 2.35. The Hall–Kier alpha value is -1.71. The molecule has 0 radical (unpaired) electrons. The maximum atomic E-state index is 10.7. The number of aromatic hydroxyl groups is 1. The van der Waals surface area contributed by atoms with Crippen molar-refractivity contribution in [2.45, 2.75) is 0 Å². The number of benzene rings is 1. The van der Waals surface area contributed by atoms with Crippen LogP contribution in [0.4, 0.5) is 5.69 Å². The lowest BCUT2D eigenvalue weighted by Gasteiger charge is -2.03. The number of primary amides is 1. The monoisotopic (exact) mass is 166 g/mol. The smallest absolute Gasteiger partial charge is 0.252 e. The van der Waals surface area contributed by atoms with Gasteiger partial charge in [0, 0.05) is 12.7 Å². The highest BCUT2D eigenvalue weighted by atomic mass is 16.3. The first kappa shape index (κ1) is 8.39. The molecule has 0 atom stereocenters. The summed E-state index contributed by atoms with van der Waals surface area (Å²) in [5.41, 5.74) is 5.88. The molecule has 0 saturated carbocycles. The van der Waals surface area contributed by atoms with Gasteiger partial charge in [-0.3, -0.25) is 4.79 Å².